The molecule has 0 saturated carbocycles. The van der Waals surface area contributed by atoms with Crippen LogP contribution in [0, 0.1) is 53.2 Å². The smallest absolute Gasteiger partial charge is 1.00 e. The number of carbonyl (C=O) groups excluding carboxylic acids is 2. The summed E-state index contributed by atoms with van der Waals surface area (Å²) >= 11 is 2.97. The molecule has 460 valence electrons. The van der Waals surface area contributed by atoms with E-state index in [4.69, 9.17) is 29.0 Å². The third kappa shape index (κ3) is 19.2. The standard InChI is InChI=1S/C22H23N5O2.C17H12FN3O2.C11H6BrFO3.C6H9N3.C5H12N2.CH2O3.2K.H/c1-13-10-26(7-6-23-13)17-5-4-16-8-18(22(28)29-20(16)9-17)19-12-27-11-14(2)24-15(3)21(27)25-19;1-9-7-21-8-14(20-16(21)10(2)19-9)13-5-11-3-4-12(18)6-15(11)23-17(13)22;12-5-9(14)8-3-6-1-2-7(13)4-10(6)16-11(8)15;1-4-3-8-6(7)5(2)9-4;1-5-4-6-2-3-7-5;2-1-4-3;;;/h4-5,8-9,11-13,23H,6-7,10H2,1-3H3;3-8H,1-2H3;1-4H,5H2;3H,1-2H3,(H2,7,8);5-7H,2-4H2,1H3;1,3H;;;/q;;;;;;2*+1;-1/p-1/t13-;;;;5-;;;;/m1...1..../s1. The molecular formula is C62H64BrF2K2N13O10. The summed E-state index contributed by atoms with van der Waals surface area (Å²) in [5.74, 6) is -0.783. The monoisotopic (exact) mass is 1350 g/mol. The molecule has 90 heavy (non-hydrogen) atoms. The second-order valence-electron chi connectivity index (χ2n) is 20.7. The van der Waals surface area contributed by atoms with Gasteiger partial charge < -0.3 is 60.2 Å². The van der Waals surface area contributed by atoms with Crippen LogP contribution < -0.4 is 151 Å². The van der Waals surface area contributed by atoms with Crippen LogP contribution >= 0.6 is 15.9 Å². The molecule has 8 aromatic heterocycles. The third-order valence-corrected chi connectivity index (χ3v) is 14.2. The Bertz CT molecular complexity index is 4530. The topological polar surface area (TPSA) is 309 Å². The number of aryl methyl sites for hydroxylation is 6. The van der Waals surface area contributed by atoms with E-state index < -0.39 is 22.9 Å². The zero-order valence-electron chi connectivity index (χ0n) is 52.3. The molecule has 2 aliphatic rings. The largest absolute Gasteiger partial charge is 1.00 e. The molecular weight excluding hydrogens is 1280 g/mol. The number of rotatable bonds is 6. The van der Waals surface area contributed by atoms with Crippen molar-refractivity contribution in [1.82, 2.24) is 54.7 Å². The van der Waals surface area contributed by atoms with Gasteiger partial charge in [0.05, 0.1) is 68.2 Å². The van der Waals surface area contributed by atoms with Gasteiger partial charge in [-0.25, -0.2) is 38.1 Å². The van der Waals surface area contributed by atoms with Gasteiger partial charge >= 0.3 is 120 Å². The van der Waals surface area contributed by atoms with Crippen molar-refractivity contribution in [3.63, 3.8) is 0 Å². The number of imidazole rings is 2. The number of nitrogens with zero attached hydrogens (tertiary/aromatic N) is 9. The average molecular weight is 1350 g/mol. The minimum atomic E-state index is -0.748. The molecule has 2 fully saturated rings. The van der Waals surface area contributed by atoms with Crippen molar-refractivity contribution >= 4 is 83.9 Å². The number of nitrogens with one attached hydrogen (secondary N) is 3. The zero-order valence-corrected chi connectivity index (χ0v) is 59.1. The molecule has 0 radical (unpaired) electrons. The molecule has 0 aliphatic carbocycles. The molecule has 28 heteroatoms. The second-order valence-corrected chi connectivity index (χ2v) is 21.2. The summed E-state index contributed by atoms with van der Waals surface area (Å²) in [5.41, 5.74) is 14.1. The number of alkyl halides is 1. The summed E-state index contributed by atoms with van der Waals surface area (Å²) in [6, 6.07) is 20.0. The number of fused-ring (bicyclic) bond motifs is 5. The van der Waals surface area contributed by atoms with Crippen molar-refractivity contribution in [3.05, 3.63) is 186 Å². The summed E-state index contributed by atoms with van der Waals surface area (Å²) < 4.78 is 45.6. The van der Waals surface area contributed by atoms with E-state index in [1.165, 1.54) is 30.3 Å². The minimum Gasteiger partial charge on any atom is -1.00 e. The number of hydrogen-bond donors (Lipinski definition) is 4. The molecule has 13 rings (SSSR count). The van der Waals surface area contributed by atoms with Crippen LogP contribution in [0.25, 0.3) is 66.7 Å². The first-order chi connectivity index (χ1) is 42.1. The molecule has 11 aromatic rings. The predicted molar refractivity (Wildman–Crippen MR) is 333 cm³/mol. The molecule has 10 heterocycles. The Morgan fingerprint density at radius 1 is 0.678 bits per heavy atom. The fourth-order valence-electron chi connectivity index (χ4n) is 9.53. The number of piperazine rings is 2. The van der Waals surface area contributed by atoms with Gasteiger partial charge in [-0.05, 0) is 110 Å². The fourth-order valence-corrected chi connectivity index (χ4v) is 9.83. The van der Waals surface area contributed by atoms with Crippen LogP contribution in [0.1, 0.15) is 59.8 Å². The first-order valence-electron chi connectivity index (χ1n) is 27.6. The van der Waals surface area contributed by atoms with Gasteiger partial charge in [-0.1, -0.05) is 15.9 Å². The number of Topliss-reactive ketones (excluding diaryl/α,β-unsaturated/α-hetero) is 1. The predicted octanol–water partition coefficient (Wildman–Crippen LogP) is 1.48. The van der Waals surface area contributed by atoms with Gasteiger partial charge in [0.2, 0.25) is 0 Å². The van der Waals surface area contributed by atoms with Gasteiger partial charge in [0.25, 0.3) is 6.47 Å². The number of nitrogen functional groups attached to an aromatic ring is 1. The van der Waals surface area contributed by atoms with Crippen LogP contribution in [0.4, 0.5) is 20.3 Å². The summed E-state index contributed by atoms with van der Waals surface area (Å²) in [7, 11) is 0. The van der Waals surface area contributed by atoms with Crippen LogP contribution in [-0.4, -0.2) is 108 Å². The van der Waals surface area contributed by atoms with Gasteiger partial charge in [0.15, 0.2) is 17.1 Å². The van der Waals surface area contributed by atoms with Gasteiger partial charge in [0.1, 0.15) is 39.8 Å². The van der Waals surface area contributed by atoms with Crippen molar-refractivity contribution in [1.29, 1.82) is 0 Å². The summed E-state index contributed by atoms with van der Waals surface area (Å²) in [6.45, 7) is 21.7. The van der Waals surface area contributed by atoms with Crippen molar-refractivity contribution < 1.29 is 146 Å². The molecule has 0 bridgehead atoms. The van der Waals surface area contributed by atoms with Gasteiger partial charge in [-0.3, -0.25) is 24.5 Å². The Labute approximate surface area is 609 Å². The number of ketones is 1. The van der Waals surface area contributed by atoms with E-state index in [0.717, 1.165) is 96.2 Å². The van der Waals surface area contributed by atoms with E-state index in [2.05, 4.69) is 91.5 Å². The van der Waals surface area contributed by atoms with Crippen LogP contribution in [0.2, 0.25) is 0 Å². The molecule has 2 atom stereocenters. The summed E-state index contributed by atoms with van der Waals surface area (Å²) in [4.78, 5) is 87.2. The molecule has 0 spiro atoms. The molecule has 2 saturated heterocycles. The maximum absolute atomic E-state index is 13.2. The van der Waals surface area contributed by atoms with Gasteiger partial charge in [0, 0.05) is 116 Å². The van der Waals surface area contributed by atoms with E-state index in [1.807, 2.05) is 87.1 Å². The van der Waals surface area contributed by atoms with Crippen molar-refractivity contribution in [2.24, 2.45) is 0 Å². The fraction of sp³-hybridized carbons (Fsp3) is 0.274. The Kier molecular flexibility index (Phi) is 27.5. The maximum atomic E-state index is 13.2. The van der Waals surface area contributed by atoms with E-state index in [9.17, 15) is 28.0 Å². The van der Waals surface area contributed by atoms with E-state index in [1.54, 1.807) is 24.5 Å². The van der Waals surface area contributed by atoms with E-state index in [-0.39, 0.29) is 144 Å². The molecule has 23 nitrogen and oxygen atoms in total. The van der Waals surface area contributed by atoms with Crippen LogP contribution in [0.5, 0.6) is 0 Å². The van der Waals surface area contributed by atoms with E-state index in [0.29, 0.717) is 62.4 Å². The van der Waals surface area contributed by atoms with Crippen LogP contribution in [0.15, 0.2) is 131 Å². The summed E-state index contributed by atoms with van der Waals surface area (Å²) in [5, 5.41) is 20.6. The third-order valence-electron chi connectivity index (χ3n) is 13.7. The molecule has 3 aromatic carbocycles. The molecule has 0 amide bonds. The number of hydrogen-bond acceptors (Lipinski definition) is 21. The van der Waals surface area contributed by atoms with Crippen molar-refractivity contribution in [2.75, 3.05) is 55.2 Å². The minimum absolute atomic E-state index is 0. The van der Waals surface area contributed by atoms with Crippen LogP contribution in [0.3, 0.4) is 0 Å². The summed E-state index contributed by atoms with van der Waals surface area (Å²) in [6.07, 6.45) is 9.02. The maximum Gasteiger partial charge on any atom is 1.00 e. The molecule has 0 unspecified atom stereocenters. The second kappa shape index (κ2) is 33.9. The molecule has 2 aliphatic heterocycles. The number of carbonyl (C=O) groups is 2. The van der Waals surface area contributed by atoms with Crippen molar-refractivity contribution in [3.8, 4) is 22.5 Å². The first kappa shape index (κ1) is 72.9. The number of halogens is 3. The van der Waals surface area contributed by atoms with Crippen LogP contribution in [-0.2, 0) is 9.68 Å². The first-order valence-corrected chi connectivity index (χ1v) is 28.7. The average Bonchev–Trinajstić information content (AvgIpc) is 2.63. The quantitative estimate of drug-likeness (QED) is 0.0349. The number of anilines is 2. The Hall–Kier alpha value is -6.20. The van der Waals surface area contributed by atoms with Gasteiger partial charge in [-0.15, -0.1) is 0 Å². The Balaban J connectivity index is 0.000000217. The number of nitrogens with two attached hydrogens (primary N) is 1. The van der Waals surface area contributed by atoms with E-state index >= 15 is 0 Å². The normalized spacial score (nSPS) is 14.2. The number of aromatic nitrogens is 8. The molecule has 5 N–H and O–H groups in total. The Morgan fingerprint density at radius 3 is 1.62 bits per heavy atom. The van der Waals surface area contributed by atoms with Crippen molar-refractivity contribution in [2.45, 2.75) is 67.5 Å². The number of benzene rings is 3. The van der Waals surface area contributed by atoms with Gasteiger partial charge in [-0.2, -0.15) is 0 Å². The zero-order chi connectivity index (χ0) is 63.3. The Morgan fingerprint density at radius 2 is 1.17 bits per heavy atom. The SMILES string of the molecule is C[C@@H]1CNCCN1.Cc1cn2cc(-c3cc4ccc(F)cc4oc3=O)nc2c(C)n1.Cc1cn2cc(-c3cc4ccc(N5CCN[C@H](C)C5)cc4oc3=O)nc2c(C)n1.Cc1cnc(N)c(C)n1.O=C(CBr)c1cc2ccc(F)cc2oc1=O.O=CO[O-].[H-].[K+].[K+].